The summed E-state index contributed by atoms with van der Waals surface area (Å²) in [5.74, 6) is -1.78. The van der Waals surface area contributed by atoms with Gasteiger partial charge in [0.1, 0.15) is 0 Å². The maximum Gasteiger partial charge on any atom is 0.347 e. The molecule has 6 heteroatoms. The zero-order valence-electron chi connectivity index (χ0n) is 8.69. The van der Waals surface area contributed by atoms with Gasteiger partial charge < -0.3 is 15.7 Å². The van der Waals surface area contributed by atoms with Gasteiger partial charge in [-0.15, -0.1) is 13.0 Å². The highest BCUT2D eigenvalue weighted by atomic mass is 16.4. The van der Waals surface area contributed by atoms with Crippen molar-refractivity contribution in [2.45, 2.75) is 13.1 Å². The average molecular weight is 224 g/mol. The number of aliphatic carboxylic acids is 1. The van der Waals surface area contributed by atoms with Gasteiger partial charge in [0.2, 0.25) is 12.1 Å². The SMILES string of the molecule is C#CC(=O)NC(NC(=O)C(C)C=C)C(=O)O. The normalized spacial score (nSPS) is 12.8. The van der Waals surface area contributed by atoms with Gasteiger partial charge in [-0.2, -0.15) is 0 Å². The van der Waals surface area contributed by atoms with Crippen molar-refractivity contribution in [1.29, 1.82) is 0 Å². The number of hydrogen-bond donors (Lipinski definition) is 3. The zero-order chi connectivity index (χ0) is 12.7. The van der Waals surface area contributed by atoms with Crippen LogP contribution < -0.4 is 10.6 Å². The van der Waals surface area contributed by atoms with Crippen LogP contribution in [0, 0.1) is 18.3 Å². The molecule has 3 N–H and O–H groups in total. The third-order valence-electron chi connectivity index (χ3n) is 1.71. The number of carboxylic acids is 1. The largest absolute Gasteiger partial charge is 0.478 e. The van der Waals surface area contributed by atoms with Gasteiger partial charge in [0.05, 0.1) is 5.92 Å². The van der Waals surface area contributed by atoms with Crippen LogP contribution in [0.2, 0.25) is 0 Å². The smallest absolute Gasteiger partial charge is 0.347 e. The van der Waals surface area contributed by atoms with Crippen LogP contribution in [0.1, 0.15) is 6.92 Å². The van der Waals surface area contributed by atoms with Gasteiger partial charge in [-0.05, 0) is 5.92 Å². The molecule has 0 aliphatic carbocycles. The molecule has 0 rings (SSSR count). The second kappa shape index (κ2) is 6.24. The van der Waals surface area contributed by atoms with E-state index in [1.54, 1.807) is 5.92 Å². The Bertz CT molecular complexity index is 356. The van der Waals surface area contributed by atoms with Crippen LogP contribution in [-0.4, -0.2) is 29.1 Å². The summed E-state index contributed by atoms with van der Waals surface area (Å²) >= 11 is 0. The Hall–Kier alpha value is -2.29. The molecule has 0 aromatic rings. The predicted molar refractivity (Wildman–Crippen MR) is 55.9 cm³/mol. The first kappa shape index (κ1) is 13.7. The molecule has 0 heterocycles. The van der Waals surface area contributed by atoms with Crippen molar-refractivity contribution >= 4 is 17.8 Å². The molecule has 0 radical (unpaired) electrons. The second-order valence-electron chi connectivity index (χ2n) is 2.92. The highest BCUT2D eigenvalue weighted by Gasteiger charge is 2.22. The molecule has 6 nitrogen and oxygen atoms in total. The van der Waals surface area contributed by atoms with E-state index in [4.69, 9.17) is 11.5 Å². The summed E-state index contributed by atoms with van der Waals surface area (Å²) in [5, 5.41) is 12.7. The summed E-state index contributed by atoms with van der Waals surface area (Å²) in [4.78, 5) is 32.7. The molecule has 2 atom stereocenters. The van der Waals surface area contributed by atoms with Crippen LogP contribution in [0.5, 0.6) is 0 Å². The van der Waals surface area contributed by atoms with E-state index in [0.29, 0.717) is 0 Å². The maximum atomic E-state index is 11.3. The van der Waals surface area contributed by atoms with Crippen LogP contribution >= 0.6 is 0 Å². The molecule has 0 spiro atoms. The van der Waals surface area contributed by atoms with Gasteiger partial charge in [-0.25, -0.2) is 4.79 Å². The Balaban J connectivity index is 4.53. The number of hydrogen-bond acceptors (Lipinski definition) is 3. The molecule has 2 amide bonds. The van der Waals surface area contributed by atoms with E-state index in [2.05, 4.69) is 11.9 Å². The lowest BCUT2D eigenvalue weighted by atomic mass is 10.1. The van der Waals surface area contributed by atoms with E-state index in [9.17, 15) is 14.4 Å². The average Bonchev–Trinajstić information content (AvgIpc) is 2.26. The van der Waals surface area contributed by atoms with Crippen molar-refractivity contribution < 1.29 is 19.5 Å². The van der Waals surface area contributed by atoms with Crippen molar-refractivity contribution in [3.8, 4) is 12.3 Å². The van der Waals surface area contributed by atoms with Crippen molar-refractivity contribution in [1.82, 2.24) is 10.6 Å². The molecule has 0 aromatic heterocycles. The van der Waals surface area contributed by atoms with Gasteiger partial charge in [-0.3, -0.25) is 9.59 Å². The van der Waals surface area contributed by atoms with Crippen molar-refractivity contribution in [2.24, 2.45) is 5.92 Å². The van der Waals surface area contributed by atoms with E-state index in [-0.39, 0.29) is 0 Å². The Morgan fingerprint density at radius 1 is 1.44 bits per heavy atom. The van der Waals surface area contributed by atoms with E-state index < -0.39 is 29.9 Å². The van der Waals surface area contributed by atoms with Gasteiger partial charge in [0.15, 0.2) is 0 Å². The fourth-order valence-electron chi connectivity index (χ4n) is 0.713. The number of carboxylic acid groups (broad SMARTS) is 1. The fourth-order valence-corrected chi connectivity index (χ4v) is 0.713. The molecule has 0 bridgehead atoms. The standard InChI is InChI=1S/C10H12N2O4/c1-4-6(3)9(14)12-8(10(15)16)11-7(13)5-2/h2,4,6,8H,1H2,3H3,(H,11,13)(H,12,14)(H,15,16). The quantitative estimate of drug-likeness (QED) is 0.320. The molecule has 0 fully saturated rings. The van der Waals surface area contributed by atoms with Crippen LogP contribution in [-0.2, 0) is 14.4 Å². The Morgan fingerprint density at radius 2 is 2.00 bits per heavy atom. The molecule has 0 saturated heterocycles. The molecule has 86 valence electrons. The van der Waals surface area contributed by atoms with Crippen molar-refractivity contribution in [3.63, 3.8) is 0 Å². The minimum atomic E-state index is -1.54. The third kappa shape index (κ3) is 4.28. The molecule has 0 aromatic carbocycles. The number of carbonyl (C=O) groups is 3. The number of amides is 2. The van der Waals surface area contributed by atoms with Gasteiger partial charge in [0, 0.05) is 0 Å². The number of carbonyl (C=O) groups excluding carboxylic acids is 2. The highest BCUT2D eigenvalue weighted by molar-refractivity contribution is 5.96. The summed E-state index contributed by atoms with van der Waals surface area (Å²) < 4.78 is 0. The third-order valence-corrected chi connectivity index (χ3v) is 1.71. The molecular weight excluding hydrogens is 212 g/mol. The Morgan fingerprint density at radius 3 is 2.38 bits per heavy atom. The number of terminal acetylenes is 1. The van der Waals surface area contributed by atoms with Gasteiger partial charge in [0.25, 0.3) is 5.91 Å². The van der Waals surface area contributed by atoms with E-state index in [0.717, 1.165) is 0 Å². The molecule has 0 saturated carbocycles. The summed E-state index contributed by atoms with van der Waals surface area (Å²) in [5.41, 5.74) is 0. The minimum absolute atomic E-state index is 0.565. The second-order valence-corrected chi connectivity index (χ2v) is 2.92. The lowest BCUT2D eigenvalue weighted by Crippen LogP contribution is -2.53. The lowest BCUT2D eigenvalue weighted by molar-refractivity contribution is -0.144. The summed E-state index contributed by atoms with van der Waals surface area (Å²) in [7, 11) is 0. The summed E-state index contributed by atoms with van der Waals surface area (Å²) in [6, 6.07) is 0. The summed E-state index contributed by atoms with van der Waals surface area (Å²) in [6.45, 7) is 4.91. The van der Waals surface area contributed by atoms with Gasteiger partial charge >= 0.3 is 5.97 Å². The van der Waals surface area contributed by atoms with E-state index in [1.165, 1.54) is 13.0 Å². The Kier molecular flexibility index (Phi) is 5.35. The van der Waals surface area contributed by atoms with E-state index >= 15 is 0 Å². The van der Waals surface area contributed by atoms with E-state index in [1.807, 2.05) is 5.32 Å². The zero-order valence-corrected chi connectivity index (χ0v) is 8.69. The fraction of sp³-hybridized carbons (Fsp3) is 0.300. The molecule has 0 aliphatic rings. The summed E-state index contributed by atoms with van der Waals surface area (Å²) in [6.07, 6.45) is 4.55. The first-order valence-corrected chi connectivity index (χ1v) is 4.35. The first-order valence-electron chi connectivity index (χ1n) is 4.35. The lowest BCUT2D eigenvalue weighted by Gasteiger charge is -2.16. The molecule has 2 unspecified atom stereocenters. The van der Waals surface area contributed by atoms with Crippen LogP contribution in [0.3, 0.4) is 0 Å². The number of nitrogens with one attached hydrogen (secondary N) is 2. The number of rotatable bonds is 5. The monoisotopic (exact) mass is 224 g/mol. The minimum Gasteiger partial charge on any atom is -0.478 e. The molecular formula is C10H12N2O4. The first-order chi connectivity index (χ1) is 7.42. The van der Waals surface area contributed by atoms with Crippen molar-refractivity contribution in [2.75, 3.05) is 0 Å². The van der Waals surface area contributed by atoms with Gasteiger partial charge in [-0.1, -0.05) is 13.0 Å². The predicted octanol–water partition coefficient (Wildman–Crippen LogP) is -0.915. The highest BCUT2D eigenvalue weighted by Crippen LogP contribution is 1.95. The Labute approximate surface area is 92.7 Å². The topological polar surface area (TPSA) is 95.5 Å². The van der Waals surface area contributed by atoms with Crippen LogP contribution in [0.25, 0.3) is 0 Å². The molecule has 16 heavy (non-hydrogen) atoms. The maximum absolute atomic E-state index is 11.3. The van der Waals surface area contributed by atoms with Crippen LogP contribution in [0.4, 0.5) is 0 Å². The van der Waals surface area contributed by atoms with Crippen LogP contribution in [0.15, 0.2) is 12.7 Å². The molecule has 0 aliphatic heterocycles. The van der Waals surface area contributed by atoms with Crippen molar-refractivity contribution in [3.05, 3.63) is 12.7 Å².